The highest BCUT2D eigenvalue weighted by molar-refractivity contribution is 6.11. The van der Waals surface area contributed by atoms with E-state index < -0.39 is 0 Å². The smallest absolute Gasteiger partial charge is 0.00177 e. The van der Waals surface area contributed by atoms with E-state index in [1.165, 1.54) is 49.7 Å². The molecule has 0 N–H and O–H groups in total. The van der Waals surface area contributed by atoms with Crippen LogP contribution in [0.5, 0.6) is 0 Å². The first kappa shape index (κ1) is 17.5. The van der Waals surface area contributed by atoms with Crippen LogP contribution in [0.4, 0.5) is 0 Å². The van der Waals surface area contributed by atoms with Crippen molar-refractivity contribution in [2.24, 2.45) is 0 Å². The Bertz CT molecular complexity index is 1270. The van der Waals surface area contributed by atoms with Crippen molar-refractivity contribution in [1.29, 1.82) is 0 Å². The van der Waals surface area contributed by atoms with Crippen LogP contribution in [0.1, 0.15) is 5.56 Å². The van der Waals surface area contributed by atoms with Gasteiger partial charge in [0.05, 0.1) is 0 Å². The normalized spacial score (nSPS) is 10.9. The maximum absolute atomic E-state index is 2.26. The molecule has 5 aromatic rings. The first-order chi connectivity index (χ1) is 14.3. The zero-order valence-electron chi connectivity index (χ0n) is 16.5. The largest absolute Gasteiger partial charge is 0.0622 e. The van der Waals surface area contributed by atoms with Crippen LogP contribution in [0.3, 0.4) is 0 Å². The van der Waals surface area contributed by atoms with Crippen LogP contribution in [0.25, 0.3) is 44.2 Å². The minimum atomic E-state index is 1.25. The molecule has 0 aromatic heterocycles. The van der Waals surface area contributed by atoms with Crippen molar-refractivity contribution < 1.29 is 0 Å². The van der Waals surface area contributed by atoms with Gasteiger partial charge in [0.2, 0.25) is 0 Å². The summed E-state index contributed by atoms with van der Waals surface area (Å²) in [4.78, 5) is 0. The van der Waals surface area contributed by atoms with Gasteiger partial charge < -0.3 is 0 Å². The summed E-state index contributed by atoms with van der Waals surface area (Å²) in [6.45, 7) is 2.26. The van der Waals surface area contributed by atoms with E-state index in [9.17, 15) is 0 Å². The molecule has 0 saturated heterocycles. The predicted molar refractivity (Wildman–Crippen MR) is 125 cm³/mol. The third kappa shape index (κ3) is 3.03. The Morgan fingerprint density at radius 1 is 0.345 bits per heavy atom. The van der Waals surface area contributed by atoms with Crippen LogP contribution in [0.15, 0.2) is 115 Å². The lowest BCUT2D eigenvalue weighted by Gasteiger charge is -2.22. The molecule has 0 aliphatic heterocycles. The van der Waals surface area contributed by atoms with Crippen molar-refractivity contribution in [3.8, 4) is 33.4 Å². The van der Waals surface area contributed by atoms with Gasteiger partial charge >= 0.3 is 0 Å². The Morgan fingerprint density at radius 2 is 0.724 bits per heavy atom. The van der Waals surface area contributed by atoms with Gasteiger partial charge in [0.1, 0.15) is 0 Å². The minimum Gasteiger partial charge on any atom is -0.0622 e. The third-order valence-electron chi connectivity index (χ3n) is 5.66. The van der Waals surface area contributed by atoms with Gasteiger partial charge in [-0.15, -0.1) is 0 Å². The molecule has 138 valence electrons. The summed E-state index contributed by atoms with van der Waals surface area (Å²) in [5.41, 5.74) is 9.00. The molecule has 5 aromatic carbocycles. The lowest BCUT2D eigenvalue weighted by Crippen LogP contribution is -1.96. The molecule has 0 aliphatic rings. The molecule has 0 saturated carbocycles. The van der Waals surface area contributed by atoms with Gasteiger partial charge in [-0.25, -0.2) is 0 Å². The molecule has 0 spiro atoms. The fraction of sp³-hybridized carbons (Fsp3) is 0.0345. The van der Waals surface area contributed by atoms with Gasteiger partial charge in [-0.3, -0.25) is 0 Å². The maximum Gasteiger partial charge on any atom is -0.00177 e. The molecule has 0 nitrogen and oxygen atoms in total. The van der Waals surface area contributed by atoms with Gasteiger partial charge in [-0.1, -0.05) is 115 Å². The standard InChI is InChI=1S/C29H22/c1-21-25-19-11-12-20-26(25)28(23-15-7-3-8-16-23)29(24-17-9-4-10-18-24)27(21)22-13-5-2-6-14-22/h2-20H,1H3. The molecule has 0 fully saturated rings. The molecule has 5 rings (SSSR count). The van der Waals surface area contributed by atoms with Crippen molar-refractivity contribution in [2.45, 2.75) is 6.92 Å². The van der Waals surface area contributed by atoms with Crippen LogP contribution >= 0.6 is 0 Å². The average molecular weight is 370 g/mol. The SMILES string of the molecule is Cc1c(-c2ccccc2)c(-c2ccccc2)c(-c2ccccc2)c2ccccc12. The van der Waals surface area contributed by atoms with E-state index >= 15 is 0 Å². The molecule has 0 atom stereocenters. The number of hydrogen-bond donors (Lipinski definition) is 0. The van der Waals surface area contributed by atoms with E-state index in [0.29, 0.717) is 0 Å². The molecule has 0 amide bonds. The predicted octanol–water partition coefficient (Wildman–Crippen LogP) is 8.15. The summed E-state index contributed by atoms with van der Waals surface area (Å²) in [5.74, 6) is 0. The van der Waals surface area contributed by atoms with Crippen molar-refractivity contribution in [3.63, 3.8) is 0 Å². The lowest BCUT2D eigenvalue weighted by molar-refractivity contribution is 1.49. The Labute approximate surface area is 172 Å². The van der Waals surface area contributed by atoms with Crippen LogP contribution in [-0.2, 0) is 0 Å². The average Bonchev–Trinajstić information content (AvgIpc) is 2.81. The first-order valence-corrected chi connectivity index (χ1v) is 10.1. The third-order valence-corrected chi connectivity index (χ3v) is 5.66. The lowest BCUT2D eigenvalue weighted by atomic mass is 9.81. The molecule has 29 heavy (non-hydrogen) atoms. The molecule has 0 heterocycles. The van der Waals surface area contributed by atoms with E-state index in [1.807, 2.05) is 0 Å². The summed E-state index contributed by atoms with van der Waals surface area (Å²) < 4.78 is 0. The molecular formula is C29H22. The molecule has 0 aliphatic carbocycles. The van der Waals surface area contributed by atoms with Crippen molar-refractivity contribution >= 4 is 10.8 Å². The van der Waals surface area contributed by atoms with Gasteiger partial charge in [0, 0.05) is 0 Å². The van der Waals surface area contributed by atoms with Gasteiger partial charge in [0.25, 0.3) is 0 Å². The van der Waals surface area contributed by atoms with E-state index in [-0.39, 0.29) is 0 Å². The van der Waals surface area contributed by atoms with Crippen LogP contribution in [0.2, 0.25) is 0 Å². The number of aryl methyl sites for hydroxylation is 1. The van der Waals surface area contributed by atoms with Crippen molar-refractivity contribution in [1.82, 2.24) is 0 Å². The zero-order chi connectivity index (χ0) is 19.6. The van der Waals surface area contributed by atoms with E-state index in [2.05, 4.69) is 122 Å². The Hall–Kier alpha value is -3.64. The van der Waals surface area contributed by atoms with Crippen LogP contribution in [0, 0.1) is 6.92 Å². The maximum atomic E-state index is 2.26. The molecule has 0 heteroatoms. The summed E-state index contributed by atoms with van der Waals surface area (Å²) in [5, 5.41) is 2.61. The van der Waals surface area contributed by atoms with E-state index in [0.717, 1.165) is 0 Å². The highest BCUT2D eigenvalue weighted by Crippen LogP contribution is 2.46. The Balaban J connectivity index is 2.02. The van der Waals surface area contributed by atoms with Crippen LogP contribution < -0.4 is 0 Å². The van der Waals surface area contributed by atoms with Gasteiger partial charge in [0.15, 0.2) is 0 Å². The number of rotatable bonds is 3. The Kier molecular flexibility index (Phi) is 4.46. The number of fused-ring (bicyclic) bond motifs is 1. The monoisotopic (exact) mass is 370 g/mol. The molecule has 0 unspecified atom stereocenters. The minimum absolute atomic E-state index is 1.25. The van der Waals surface area contributed by atoms with E-state index in [1.54, 1.807) is 0 Å². The van der Waals surface area contributed by atoms with Gasteiger partial charge in [-0.2, -0.15) is 0 Å². The highest BCUT2D eigenvalue weighted by Gasteiger charge is 2.20. The Morgan fingerprint density at radius 3 is 1.24 bits per heavy atom. The fourth-order valence-corrected chi connectivity index (χ4v) is 4.37. The second kappa shape index (κ2) is 7.41. The summed E-state index contributed by atoms with van der Waals surface area (Å²) >= 11 is 0. The number of benzene rings is 5. The molecular weight excluding hydrogens is 348 g/mol. The van der Waals surface area contributed by atoms with Crippen molar-refractivity contribution in [3.05, 3.63) is 121 Å². The second-order valence-electron chi connectivity index (χ2n) is 7.39. The quantitative estimate of drug-likeness (QED) is 0.300. The van der Waals surface area contributed by atoms with Crippen LogP contribution in [-0.4, -0.2) is 0 Å². The summed E-state index contributed by atoms with van der Waals surface area (Å²) in [6, 6.07) is 41.1. The first-order valence-electron chi connectivity index (χ1n) is 10.1. The van der Waals surface area contributed by atoms with Crippen molar-refractivity contribution in [2.75, 3.05) is 0 Å². The summed E-state index contributed by atoms with van der Waals surface area (Å²) in [6.07, 6.45) is 0. The fourth-order valence-electron chi connectivity index (χ4n) is 4.37. The van der Waals surface area contributed by atoms with Gasteiger partial charge in [-0.05, 0) is 56.6 Å². The molecule has 0 radical (unpaired) electrons. The molecule has 0 bridgehead atoms. The zero-order valence-corrected chi connectivity index (χ0v) is 16.5. The topological polar surface area (TPSA) is 0 Å². The highest BCUT2D eigenvalue weighted by atomic mass is 14.2. The second-order valence-corrected chi connectivity index (χ2v) is 7.39. The van der Waals surface area contributed by atoms with E-state index in [4.69, 9.17) is 0 Å². The summed E-state index contributed by atoms with van der Waals surface area (Å²) in [7, 11) is 0. The number of hydrogen-bond acceptors (Lipinski definition) is 0.